The first kappa shape index (κ1) is 19.2. The van der Waals surface area contributed by atoms with Crippen LogP contribution in [-0.2, 0) is 11.2 Å². The summed E-state index contributed by atoms with van der Waals surface area (Å²) in [4.78, 5) is 39.0. The summed E-state index contributed by atoms with van der Waals surface area (Å²) < 4.78 is 0. The van der Waals surface area contributed by atoms with Crippen molar-refractivity contribution in [2.75, 3.05) is 28.7 Å². The van der Waals surface area contributed by atoms with Gasteiger partial charge in [-0.1, -0.05) is 12.6 Å². The summed E-state index contributed by atoms with van der Waals surface area (Å²) in [7, 11) is 1.56. The maximum absolute atomic E-state index is 12.7. The lowest BCUT2D eigenvalue weighted by molar-refractivity contribution is -0.114. The molecular weight excluding hydrogens is 356 g/mol. The number of amides is 4. The number of rotatable bonds is 4. The van der Waals surface area contributed by atoms with Crippen LogP contribution in [0.1, 0.15) is 22.3 Å². The second-order valence-electron chi connectivity index (χ2n) is 6.54. The van der Waals surface area contributed by atoms with Crippen molar-refractivity contribution in [3.63, 3.8) is 0 Å². The van der Waals surface area contributed by atoms with Gasteiger partial charge in [0.1, 0.15) is 0 Å². The van der Waals surface area contributed by atoms with E-state index in [0.717, 1.165) is 24.1 Å². The minimum absolute atomic E-state index is 0.145. The predicted molar refractivity (Wildman–Crippen MR) is 110 cm³/mol. The maximum Gasteiger partial charge on any atom is 0.318 e. The van der Waals surface area contributed by atoms with E-state index in [1.54, 1.807) is 48.3 Å². The monoisotopic (exact) mass is 378 g/mol. The van der Waals surface area contributed by atoms with Crippen molar-refractivity contribution >= 4 is 34.9 Å². The highest BCUT2D eigenvalue weighted by atomic mass is 16.2. The topological polar surface area (TPSA) is 95.7 Å². The molecule has 1 heterocycles. The van der Waals surface area contributed by atoms with Crippen LogP contribution in [0.2, 0.25) is 0 Å². The third kappa shape index (κ3) is 3.88. The average molecular weight is 378 g/mol. The molecule has 0 bridgehead atoms. The van der Waals surface area contributed by atoms with Gasteiger partial charge in [-0.15, -0.1) is 0 Å². The molecule has 0 saturated carbocycles. The molecule has 7 nitrogen and oxygen atoms in total. The van der Waals surface area contributed by atoms with Crippen LogP contribution in [0.15, 0.2) is 55.1 Å². The molecule has 144 valence electrons. The SMILES string of the molecule is C=CC(=O)N1CCCc2cc(C(=O)Nc3cccc(N(C)C(N)=O)c3)ccc21. The molecule has 3 rings (SSSR count). The molecule has 28 heavy (non-hydrogen) atoms. The van der Waals surface area contributed by atoms with Crippen LogP contribution >= 0.6 is 0 Å². The Labute approximate surface area is 163 Å². The van der Waals surface area contributed by atoms with Crippen LogP contribution in [0, 0.1) is 0 Å². The van der Waals surface area contributed by atoms with E-state index in [1.165, 1.54) is 11.0 Å². The second kappa shape index (κ2) is 7.96. The van der Waals surface area contributed by atoms with Crippen molar-refractivity contribution in [2.45, 2.75) is 12.8 Å². The molecular formula is C21H22N4O3. The summed E-state index contributed by atoms with van der Waals surface area (Å²) >= 11 is 0. The summed E-state index contributed by atoms with van der Waals surface area (Å²) in [6.07, 6.45) is 2.93. The van der Waals surface area contributed by atoms with Crippen molar-refractivity contribution in [1.29, 1.82) is 0 Å². The fraction of sp³-hybridized carbons (Fsp3) is 0.190. The number of hydrogen-bond donors (Lipinski definition) is 2. The van der Waals surface area contributed by atoms with Crippen molar-refractivity contribution in [1.82, 2.24) is 0 Å². The molecule has 0 spiro atoms. The number of fused-ring (bicyclic) bond motifs is 1. The van der Waals surface area contributed by atoms with Gasteiger partial charge in [-0.25, -0.2) is 4.79 Å². The molecule has 2 aromatic rings. The Morgan fingerprint density at radius 3 is 2.71 bits per heavy atom. The molecule has 0 unspecified atom stereocenters. The lowest BCUT2D eigenvalue weighted by Gasteiger charge is -2.29. The van der Waals surface area contributed by atoms with Crippen LogP contribution < -0.4 is 20.9 Å². The molecule has 0 aromatic heterocycles. The molecule has 1 aliphatic heterocycles. The van der Waals surface area contributed by atoms with Gasteiger partial charge in [0.2, 0.25) is 5.91 Å². The number of anilines is 3. The van der Waals surface area contributed by atoms with Crippen molar-refractivity contribution in [2.24, 2.45) is 5.73 Å². The van der Waals surface area contributed by atoms with E-state index in [4.69, 9.17) is 5.73 Å². The number of urea groups is 1. The third-order valence-electron chi connectivity index (χ3n) is 4.72. The maximum atomic E-state index is 12.7. The summed E-state index contributed by atoms with van der Waals surface area (Å²) in [5, 5.41) is 2.83. The van der Waals surface area contributed by atoms with Gasteiger partial charge in [-0.3, -0.25) is 14.5 Å². The summed E-state index contributed by atoms with van der Waals surface area (Å²) in [6, 6.07) is 11.6. The molecule has 0 saturated heterocycles. The molecule has 2 aromatic carbocycles. The molecule has 0 radical (unpaired) electrons. The zero-order valence-electron chi connectivity index (χ0n) is 15.6. The molecule has 0 aliphatic carbocycles. The lowest BCUT2D eigenvalue weighted by atomic mass is 9.98. The van der Waals surface area contributed by atoms with Crippen molar-refractivity contribution in [3.8, 4) is 0 Å². The molecule has 1 aliphatic rings. The van der Waals surface area contributed by atoms with Crippen LogP contribution in [-0.4, -0.2) is 31.4 Å². The average Bonchev–Trinajstić information content (AvgIpc) is 2.71. The minimum Gasteiger partial charge on any atom is -0.351 e. The minimum atomic E-state index is -0.586. The molecule has 3 N–H and O–H groups in total. The van der Waals surface area contributed by atoms with Crippen molar-refractivity contribution < 1.29 is 14.4 Å². The molecule has 0 atom stereocenters. The molecule has 0 fully saturated rings. The first-order chi connectivity index (χ1) is 13.4. The number of aryl methyl sites for hydroxylation is 1. The fourth-order valence-electron chi connectivity index (χ4n) is 3.20. The van der Waals surface area contributed by atoms with E-state index >= 15 is 0 Å². The van der Waals surface area contributed by atoms with Gasteiger partial charge in [-0.2, -0.15) is 0 Å². The van der Waals surface area contributed by atoms with E-state index in [9.17, 15) is 14.4 Å². The van der Waals surface area contributed by atoms with E-state index in [1.807, 2.05) is 6.07 Å². The third-order valence-corrected chi connectivity index (χ3v) is 4.72. The van der Waals surface area contributed by atoms with Gasteiger partial charge in [0.15, 0.2) is 0 Å². The highest BCUT2D eigenvalue weighted by Crippen LogP contribution is 2.29. The van der Waals surface area contributed by atoms with Gasteiger partial charge >= 0.3 is 6.03 Å². The smallest absolute Gasteiger partial charge is 0.318 e. The largest absolute Gasteiger partial charge is 0.351 e. The molecule has 4 amide bonds. The number of nitrogens with two attached hydrogens (primary N) is 1. The Morgan fingerprint density at radius 2 is 2.00 bits per heavy atom. The van der Waals surface area contributed by atoms with Gasteiger partial charge in [0.25, 0.3) is 5.91 Å². The summed E-state index contributed by atoms with van der Waals surface area (Å²) in [6.45, 7) is 4.19. The van der Waals surface area contributed by atoms with Gasteiger partial charge in [0, 0.05) is 36.2 Å². The normalized spacial score (nSPS) is 12.7. The van der Waals surface area contributed by atoms with Crippen molar-refractivity contribution in [3.05, 3.63) is 66.2 Å². The molecule has 7 heteroatoms. The fourth-order valence-corrected chi connectivity index (χ4v) is 3.20. The Kier molecular flexibility index (Phi) is 5.44. The number of nitrogens with one attached hydrogen (secondary N) is 1. The number of carbonyl (C=O) groups is 3. The van der Waals surface area contributed by atoms with Gasteiger partial charge in [0.05, 0.1) is 0 Å². The summed E-state index contributed by atoms with van der Waals surface area (Å²) in [5.41, 5.74) is 8.69. The zero-order valence-corrected chi connectivity index (χ0v) is 15.6. The van der Waals surface area contributed by atoms with E-state index in [2.05, 4.69) is 11.9 Å². The zero-order chi connectivity index (χ0) is 20.3. The summed E-state index contributed by atoms with van der Waals surface area (Å²) in [5.74, 6) is -0.414. The number of benzene rings is 2. The Bertz CT molecular complexity index is 954. The Balaban J connectivity index is 1.81. The van der Waals surface area contributed by atoms with Crippen LogP contribution in [0.3, 0.4) is 0 Å². The Morgan fingerprint density at radius 1 is 1.21 bits per heavy atom. The Hall–Kier alpha value is -3.61. The predicted octanol–water partition coefficient (Wildman–Crippen LogP) is 2.92. The quantitative estimate of drug-likeness (QED) is 0.801. The first-order valence-corrected chi connectivity index (χ1v) is 8.92. The van der Waals surface area contributed by atoms with Crippen LogP contribution in [0.5, 0.6) is 0 Å². The number of carbonyl (C=O) groups excluding carboxylic acids is 3. The number of nitrogens with zero attached hydrogens (tertiary/aromatic N) is 2. The van der Waals surface area contributed by atoms with Gasteiger partial charge in [-0.05, 0) is 60.9 Å². The lowest BCUT2D eigenvalue weighted by Crippen LogP contribution is -2.34. The van der Waals surface area contributed by atoms with Crippen LogP contribution in [0.25, 0.3) is 0 Å². The van der Waals surface area contributed by atoms with E-state index in [-0.39, 0.29) is 11.8 Å². The van der Waals surface area contributed by atoms with Crippen LogP contribution in [0.4, 0.5) is 21.9 Å². The second-order valence-corrected chi connectivity index (χ2v) is 6.54. The highest BCUT2D eigenvalue weighted by molar-refractivity contribution is 6.06. The standard InChI is InChI=1S/C21H22N4O3/c1-3-19(26)25-11-5-6-14-12-15(9-10-18(14)25)20(27)23-16-7-4-8-17(13-16)24(2)21(22)28/h3-4,7-10,12-13H,1,5-6,11H2,2H3,(H2,22,28)(H,23,27). The van der Waals surface area contributed by atoms with E-state index in [0.29, 0.717) is 23.5 Å². The highest BCUT2D eigenvalue weighted by Gasteiger charge is 2.22. The van der Waals surface area contributed by atoms with E-state index < -0.39 is 6.03 Å². The first-order valence-electron chi connectivity index (χ1n) is 8.92. The number of primary amides is 1. The van der Waals surface area contributed by atoms with Gasteiger partial charge < -0.3 is 16.0 Å². The number of hydrogen-bond acceptors (Lipinski definition) is 3.